The highest BCUT2D eigenvalue weighted by Crippen LogP contribution is 2.65. The van der Waals surface area contributed by atoms with Gasteiger partial charge in [0.15, 0.2) is 11.6 Å². The van der Waals surface area contributed by atoms with Gasteiger partial charge in [0.2, 0.25) is 5.88 Å². The van der Waals surface area contributed by atoms with Crippen molar-refractivity contribution in [2.45, 2.75) is 50.9 Å². The molecule has 3 fully saturated rings. The van der Waals surface area contributed by atoms with Crippen LogP contribution < -0.4 is 15.8 Å². The first-order chi connectivity index (χ1) is 20.8. The summed E-state index contributed by atoms with van der Waals surface area (Å²) in [6, 6.07) is 13.9. The molecule has 4 heterocycles. The van der Waals surface area contributed by atoms with E-state index in [1.807, 2.05) is 11.0 Å². The number of hydrogen-bond donors (Lipinski definition) is 2. The number of halogens is 2. The van der Waals surface area contributed by atoms with Gasteiger partial charge in [0.05, 0.1) is 40.9 Å². The first kappa shape index (κ1) is 29.5. The summed E-state index contributed by atoms with van der Waals surface area (Å²) in [4.78, 5) is 23.0. The molecule has 2 saturated heterocycles. The summed E-state index contributed by atoms with van der Waals surface area (Å²) >= 11 is 0. The fraction of sp³-hybridized carbons (Fsp3) is 0.375. The van der Waals surface area contributed by atoms with Crippen molar-refractivity contribution in [1.82, 2.24) is 20.7 Å². The second kappa shape index (κ2) is 11.5. The van der Waals surface area contributed by atoms with Crippen LogP contribution in [0.25, 0.3) is 11.0 Å². The summed E-state index contributed by atoms with van der Waals surface area (Å²) in [7, 11) is 0. The van der Waals surface area contributed by atoms with Crippen LogP contribution in [-0.4, -0.2) is 51.4 Å². The fourth-order valence-electron chi connectivity index (χ4n) is 6.40. The molecule has 3 aliphatic rings. The Morgan fingerprint density at radius 3 is 2.59 bits per heavy atom. The molecule has 0 amide bonds. The number of aromatic carboxylic acids is 1. The van der Waals surface area contributed by atoms with E-state index in [0.717, 1.165) is 55.2 Å². The highest BCUT2D eigenvalue weighted by molar-refractivity contribution is 5.92. The van der Waals surface area contributed by atoms with Crippen LogP contribution >= 0.6 is 0 Å². The zero-order valence-corrected chi connectivity index (χ0v) is 24.0. The minimum absolute atomic E-state index is 0. The molecular formula is C32H32F2N6O4. The lowest BCUT2D eigenvalue weighted by Gasteiger charge is -2.34. The topological polar surface area (TPSA) is 148 Å². The van der Waals surface area contributed by atoms with Crippen molar-refractivity contribution < 1.29 is 28.2 Å². The van der Waals surface area contributed by atoms with Crippen LogP contribution in [-0.2, 0) is 17.9 Å². The van der Waals surface area contributed by atoms with Gasteiger partial charge >= 0.3 is 5.97 Å². The molecule has 0 radical (unpaired) electrons. The van der Waals surface area contributed by atoms with Crippen LogP contribution in [0.5, 0.6) is 5.88 Å². The molecule has 0 bridgehead atoms. The summed E-state index contributed by atoms with van der Waals surface area (Å²) in [6.07, 6.45) is 3.70. The van der Waals surface area contributed by atoms with E-state index in [9.17, 15) is 18.7 Å². The van der Waals surface area contributed by atoms with Gasteiger partial charge in [0.25, 0.3) is 0 Å². The zero-order chi connectivity index (χ0) is 29.7. The van der Waals surface area contributed by atoms with Gasteiger partial charge < -0.3 is 30.2 Å². The number of fused-ring (bicyclic) bond motifs is 1. The number of aromatic nitrogens is 3. The van der Waals surface area contributed by atoms with Gasteiger partial charge in [0, 0.05) is 37.2 Å². The lowest BCUT2D eigenvalue weighted by Crippen LogP contribution is -2.36. The molecule has 1 unspecified atom stereocenters. The van der Waals surface area contributed by atoms with E-state index in [0.29, 0.717) is 19.6 Å². The number of rotatable bonds is 8. The number of piperidine rings is 1. The molecule has 7 rings (SSSR count). The Bertz CT molecular complexity index is 1770. The van der Waals surface area contributed by atoms with Crippen LogP contribution in [0, 0.1) is 28.4 Å². The molecule has 10 nitrogen and oxygen atoms in total. The first-order valence-corrected chi connectivity index (χ1v) is 14.4. The Hall–Kier alpha value is -4.60. The van der Waals surface area contributed by atoms with Crippen molar-refractivity contribution in [1.29, 1.82) is 5.26 Å². The van der Waals surface area contributed by atoms with E-state index in [1.54, 1.807) is 18.2 Å². The third-order valence-electron chi connectivity index (χ3n) is 9.12. The van der Waals surface area contributed by atoms with Crippen molar-refractivity contribution in [3.8, 4) is 11.9 Å². The van der Waals surface area contributed by atoms with Crippen molar-refractivity contribution in [3.63, 3.8) is 0 Å². The minimum Gasteiger partial charge on any atom is -0.478 e. The van der Waals surface area contributed by atoms with Crippen LogP contribution in [0.15, 0.2) is 48.5 Å². The quantitative estimate of drug-likeness (QED) is 0.263. The number of carboxylic acid groups (broad SMARTS) is 1. The number of nitriles is 1. The number of nitrogens with zero attached hydrogens (tertiary/aromatic N) is 5. The maximum Gasteiger partial charge on any atom is 0.335 e. The van der Waals surface area contributed by atoms with E-state index < -0.39 is 17.6 Å². The number of carbonyl (C=O) groups is 1. The largest absolute Gasteiger partial charge is 0.478 e. The number of benzene rings is 2. The van der Waals surface area contributed by atoms with Gasteiger partial charge in [-0.15, -0.1) is 0 Å². The van der Waals surface area contributed by atoms with Crippen molar-refractivity contribution in [2.24, 2.45) is 5.41 Å². The Balaban J connectivity index is 0.00000343. The number of hydrogen-bond acceptors (Lipinski definition) is 8. The van der Waals surface area contributed by atoms with Crippen molar-refractivity contribution in [3.05, 3.63) is 82.7 Å². The van der Waals surface area contributed by atoms with E-state index >= 15 is 0 Å². The van der Waals surface area contributed by atoms with Gasteiger partial charge in [-0.2, -0.15) is 10.2 Å². The predicted molar refractivity (Wildman–Crippen MR) is 157 cm³/mol. The summed E-state index contributed by atoms with van der Waals surface area (Å²) in [6.45, 7) is 2.51. The molecular weight excluding hydrogens is 570 g/mol. The van der Waals surface area contributed by atoms with Gasteiger partial charge in [-0.3, -0.25) is 0 Å². The lowest BCUT2D eigenvalue weighted by molar-refractivity contribution is -0.0590. The summed E-state index contributed by atoms with van der Waals surface area (Å²) in [5.74, 6) is -0.364. The first-order valence-electron chi connectivity index (χ1n) is 14.4. The summed E-state index contributed by atoms with van der Waals surface area (Å²) < 4.78 is 42.7. The second-order valence-electron chi connectivity index (χ2n) is 11.6. The molecule has 2 atom stereocenters. The third-order valence-corrected chi connectivity index (χ3v) is 9.12. The second-order valence-corrected chi connectivity index (χ2v) is 11.6. The predicted octanol–water partition coefficient (Wildman–Crippen LogP) is 5.58. The molecule has 4 aromatic rings. The molecule has 2 aromatic carbocycles. The number of ether oxygens (including phenoxy) is 2. The molecule has 2 aromatic heterocycles. The average Bonchev–Trinajstić information content (AvgIpc) is 3.55. The lowest BCUT2D eigenvalue weighted by atomic mass is 9.90. The summed E-state index contributed by atoms with van der Waals surface area (Å²) in [5.41, 5.74) is 2.37. The van der Waals surface area contributed by atoms with Crippen LogP contribution in [0.1, 0.15) is 58.9 Å². The SMILES string of the molecule is N.N#Cc1ccc(COc2ccc(F)c(N3CCC4(CC3)CC4c3nc4ccc(C(=O)O)cc4n3C[C@@H]3CCO3)n2)c(F)c1. The van der Waals surface area contributed by atoms with Gasteiger partial charge in [-0.1, -0.05) is 6.07 Å². The van der Waals surface area contributed by atoms with Crippen LogP contribution in [0.3, 0.4) is 0 Å². The van der Waals surface area contributed by atoms with Crippen molar-refractivity contribution in [2.75, 3.05) is 24.6 Å². The molecule has 1 spiro atoms. The Morgan fingerprint density at radius 2 is 1.91 bits per heavy atom. The number of imidazole rings is 1. The average molecular weight is 603 g/mol. The molecule has 2 aliphatic heterocycles. The number of pyridine rings is 1. The van der Waals surface area contributed by atoms with E-state index in [2.05, 4.69) is 9.55 Å². The fourth-order valence-corrected chi connectivity index (χ4v) is 6.40. The van der Waals surface area contributed by atoms with Crippen LogP contribution in [0.2, 0.25) is 0 Å². The zero-order valence-electron chi connectivity index (χ0n) is 24.0. The van der Waals surface area contributed by atoms with E-state index in [4.69, 9.17) is 19.7 Å². The highest BCUT2D eigenvalue weighted by atomic mass is 19.1. The summed E-state index contributed by atoms with van der Waals surface area (Å²) in [5, 5.41) is 18.5. The Labute approximate surface area is 252 Å². The van der Waals surface area contributed by atoms with Gasteiger partial charge in [-0.05, 0) is 67.5 Å². The van der Waals surface area contributed by atoms with Crippen LogP contribution in [0.4, 0.5) is 14.6 Å². The smallest absolute Gasteiger partial charge is 0.335 e. The minimum atomic E-state index is -0.969. The Kier molecular flexibility index (Phi) is 7.69. The van der Waals surface area contributed by atoms with Gasteiger partial charge in [0.1, 0.15) is 18.2 Å². The molecule has 1 aliphatic carbocycles. The monoisotopic (exact) mass is 602 g/mol. The highest BCUT2D eigenvalue weighted by Gasteiger charge is 2.57. The molecule has 1 saturated carbocycles. The standard InChI is InChI=1S/C32H29F2N5O4.H3N/c33-24-4-6-28(43-18-21-2-1-19(16-35)13-25(21)34)37-30(24)38-10-8-32(9-11-38)15-23(32)29-36-26-5-3-20(31(40)41)14-27(26)39(29)17-22-7-12-42-22;/h1-6,13-14,22-23H,7-12,15,17-18H2,(H,40,41);1H3/t22-,23?;/m0./s1. The van der Waals surface area contributed by atoms with Crippen molar-refractivity contribution >= 4 is 22.8 Å². The molecule has 12 heteroatoms. The number of carboxylic acids is 1. The Morgan fingerprint density at radius 1 is 1.11 bits per heavy atom. The molecule has 228 valence electrons. The normalized spacial score (nSPS) is 20.1. The number of anilines is 1. The van der Waals surface area contributed by atoms with E-state index in [1.165, 1.54) is 24.3 Å². The maximum atomic E-state index is 14.9. The molecule has 4 N–H and O–H groups in total. The van der Waals surface area contributed by atoms with E-state index in [-0.39, 0.29) is 58.6 Å². The van der Waals surface area contributed by atoms with Gasteiger partial charge in [-0.25, -0.2) is 18.6 Å². The third kappa shape index (κ3) is 5.33. The maximum absolute atomic E-state index is 14.9. The molecule has 44 heavy (non-hydrogen) atoms.